The highest BCUT2D eigenvalue weighted by Crippen LogP contribution is 2.25. The zero-order valence-corrected chi connectivity index (χ0v) is 13.5. The monoisotopic (exact) mass is 303 g/mol. The highest BCUT2D eigenvalue weighted by Gasteiger charge is 2.22. The lowest BCUT2D eigenvalue weighted by molar-refractivity contribution is 0.314. The van der Waals surface area contributed by atoms with Gasteiger partial charge in [0.15, 0.2) is 0 Å². The van der Waals surface area contributed by atoms with Gasteiger partial charge < -0.3 is 9.80 Å². The number of hydrogen-bond donors (Lipinski definition) is 0. The highest BCUT2D eigenvalue weighted by atomic mass is 35.5. The molecule has 0 aliphatic carbocycles. The Morgan fingerprint density at radius 1 is 1.38 bits per heavy atom. The number of para-hydroxylation sites is 1. The van der Waals surface area contributed by atoms with Crippen molar-refractivity contribution in [1.29, 1.82) is 0 Å². The molecule has 2 heterocycles. The van der Waals surface area contributed by atoms with Crippen LogP contribution in [0.5, 0.6) is 0 Å². The van der Waals surface area contributed by atoms with Gasteiger partial charge in [-0.2, -0.15) is 0 Å². The van der Waals surface area contributed by atoms with Crippen LogP contribution in [-0.4, -0.2) is 43.1 Å². The van der Waals surface area contributed by atoms with Gasteiger partial charge in [-0.05, 0) is 44.1 Å². The molecule has 1 aromatic carbocycles. The summed E-state index contributed by atoms with van der Waals surface area (Å²) >= 11 is 6.12. The highest BCUT2D eigenvalue weighted by molar-refractivity contribution is 6.18. The first-order valence-electron chi connectivity index (χ1n) is 7.55. The molecule has 3 rings (SSSR count). The van der Waals surface area contributed by atoms with Crippen molar-refractivity contribution in [3.63, 3.8) is 0 Å². The predicted molar refractivity (Wildman–Crippen MR) is 90.2 cm³/mol. The van der Waals surface area contributed by atoms with Gasteiger partial charge >= 0.3 is 0 Å². The molecule has 4 heteroatoms. The minimum atomic E-state index is 0.521. The lowest BCUT2D eigenvalue weighted by Gasteiger charge is -2.27. The van der Waals surface area contributed by atoms with Crippen molar-refractivity contribution in [3.05, 3.63) is 35.9 Å². The Bertz CT molecular complexity index is 628. The van der Waals surface area contributed by atoms with Gasteiger partial charge in [-0.1, -0.05) is 18.2 Å². The Morgan fingerprint density at radius 2 is 2.19 bits per heavy atom. The molecule has 0 spiro atoms. The molecule has 3 nitrogen and oxygen atoms in total. The van der Waals surface area contributed by atoms with Crippen LogP contribution < -0.4 is 4.90 Å². The summed E-state index contributed by atoms with van der Waals surface area (Å²) in [5, 5.41) is 1.16. The summed E-state index contributed by atoms with van der Waals surface area (Å²) in [5.41, 5.74) is 2.18. The van der Waals surface area contributed by atoms with Gasteiger partial charge in [-0.25, -0.2) is 4.98 Å². The first-order valence-corrected chi connectivity index (χ1v) is 8.08. The zero-order chi connectivity index (χ0) is 14.8. The normalized spacial score (nSPS) is 19.3. The van der Waals surface area contributed by atoms with Gasteiger partial charge in [0.1, 0.15) is 5.82 Å². The Balaban J connectivity index is 1.88. The molecule has 1 atom stereocenters. The maximum Gasteiger partial charge on any atom is 0.129 e. The van der Waals surface area contributed by atoms with E-state index in [9.17, 15) is 0 Å². The summed E-state index contributed by atoms with van der Waals surface area (Å²) in [5.74, 6) is 1.54. The minimum absolute atomic E-state index is 0.521. The van der Waals surface area contributed by atoms with E-state index in [1.54, 1.807) is 0 Å². The fourth-order valence-electron chi connectivity index (χ4n) is 3.16. The molecule has 0 bridgehead atoms. The molecule has 1 unspecified atom stereocenters. The number of pyridine rings is 1. The van der Waals surface area contributed by atoms with Crippen molar-refractivity contribution < 1.29 is 0 Å². The zero-order valence-electron chi connectivity index (χ0n) is 12.7. The van der Waals surface area contributed by atoms with Crippen LogP contribution in [-0.2, 0) is 5.88 Å². The van der Waals surface area contributed by atoms with Crippen molar-refractivity contribution in [1.82, 2.24) is 9.88 Å². The van der Waals surface area contributed by atoms with Gasteiger partial charge in [0.25, 0.3) is 0 Å². The molecule has 1 aliphatic heterocycles. The lowest BCUT2D eigenvalue weighted by atomic mass is 10.1. The molecule has 0 saturated carbocycles. The van der Waals surface area contributed by atoms with Gasteiger partial charge in [-0.15, -0.1) is 11.6 Å². The fraction of sp³-hybridized carbons (Fsp3) is 0.471. The number of likely N-dealkylation sites (N-methyl/N-ethyl adjacent to an activating group) is 2. The van der Waals surface area contributed by atoms with Crippen LogP contribution in [0.3, 0.4) is 0 Å². The van der Waals surface area contributed by atoms with Gasteiger partial charge in [0, 0.05) is 30.9 Å². The molecule has 1 saturated heterocycles. The first kappa shape index (κ1) is 14.6. The summed E-state index contributed by atoms with van der Waals surface area (Å²) in [7, 11) is 4.34. The second-order valence-electron chi connectivity index (χ2n) is 5.95. The Morgan fingerprint density at radius 3 is 2.90 bits per heavy atom. The smallest absolute Gasteiger partial charge is 0.129 e. The Labute approximate surface area is 131 Å². The molecule has 0 N–H and O–H groups in total. The number of benzene rings is 1. The van der Waals surface area contributed by atoms with Gasteiger partial charge in [0.2, 0.25) is 0 Å². The van der Waals surface area contributed by atoms with E-state index in [0.29, 0.717) is 11.9 Å². The number of alkyl halides is 1. The van der Waals surface area contributed by atoms with E-state index in [4.69, 9.17) is 16.6 Å². The van der Waals surface area contributed by atoms with Crippen molar-refractivity contribution in [2.24, 2.45) is 0 Å². The summed E-state index contributed by atoms with van der Waals surface area (Å²) in [6.07, 6.45) is 2.57. The summed E-state index contributed by atoms with van der Waals surface area (Å²) in [6.45, 7) is 2.22. The number of hydrogen-bond acceptors (Lipinski definition) is 3. The number of rotatable bonds is 4. The average Bonchev–Trinajstić information content (AvgIpc) is 2.91. The first-order chi connectivity index (χ1) is 10.2. The van der Waals surface area contributed by atoms with E-state index in [2.05, 4.69) is 42.1 Å². The van der Waals surface area contributed by atoms with E-state index >= 15 is 0 Å². The molecule has 1 fully saturated rings. The van der Waals surface area contributed by atoms with Crippen LogP contribution in [0.4, 0.5) is 5.82 Å². The molecule has 21 heavy (non-hydrogen) atoms. The van der Waals surface area contributed by atoms with E-state index in [1.165, 1.54) is 19.4 Å². The van der Waals surface area contributed by atoms with Crippen LogP contribution in [0, 0.1) is 0 Å². The molecule has 0 amide bonds. The topological polar surface area (TPSA) is 19.4 Å². The molecular weight excluding hydrogens is 282 g/mol. The van der Waals surface area contributed by atoms with Crippen molar-refractivity contribution in [2.45, 2.75) is 24.8 Å². The van der Waals surface area contributed by atoms with Crippen molar-refractivity contribution in [2.75, 3.05) is 32.1 Å². The Kier molecular flexibility index (Phi) is 4.32. The number of likely N-dealkylation sites (tertiary alicyclic amines) is 1. The second-order valence-corrected chi connectivity index (χ2v) is 6.21. The molecule has 2 aromatic rings. The quantitative estimate of drug-likeness (QED) is 0.806. The van der Waals surface area contributed by atoms with Crippen LogP contribution in [0.15, 0.2) is 30.3 Å². The van der Waals surface area contributed by atoms with Crippen LogP contribution in [0.25, 0.3) is 10.9 Å². The van der Waals surface area contributed by atoms with E-state index < -0.39 is 0 Å². The fourth-order valence-corrected chi connectivity index (χ4v) is 3.38. The van der Waals surface area contributed by atoms with E-state index in [1.807, 2.05) is 12.1 Å². The maximum absolute atomic E-state index is 6.12. The molecule has 112 valence electrons. The molecule has 0 radical (unpaired) electrons. The van der Waals surface area contributed by atoms with Crippen molar-refractivity contribution >= 4 is 28.3 Å². The standard InChI is InChI=1S/C17H22ClN3/c1-20-9-5-6-14(20)12-21(2)17-10-13(11-18)15-7-3-4-8-16(15)19-17/h3-4,7-8,10,14H,5-6,9,11-12H2,1-2H3. The van der Waals surface area contributed by atoms with Crippen molar-refractivity contribution in [3.8, 4) is 0 Å². The van der Waals surface area contributed by atoms with Crippen LogP contribution in [0.1, 0.15) is 18.4 Å². The van der Waals surface area contributed by atoms with Crippen LogP contribution >= 0.6 is 11.6 Å². The summed E-state index contributed by atoms with van der Waals surface area (Å²) < 4.78 is 0. The number of anilines is 1. The van der Waals surface area contributed by atoms with Crippen LogP contribution in [0.2, 0.25) is 0 Å². The van der Waals surface area contributed by atoms with E-state index in [-0.39, 0.29) is 0 Å². The van der Waals surface area contributed by atoms with Gasteiger partial charge in [-0.3, -0.25) is 0 Å². The third-order valence-electron chi connectivity index (χ3n) is 4.48. The molecule has 1 aliphatic rings. The third kappa shape index (κ3) is 2.99. The number of halogens is 1. The average molecular weight is 304 g/mol. The number of nitrogens with zero attached hydrogens (tertiary/aromatic N) is 3. The summed E-state index contributed by atoms with van der Waals surface area (Å²) in [4.78, 5) is 9.50. The predicted octanol–water partition coefficient (Wildman–Crippen LogP) is 3.50. The largest absolute Gasteiger partial charge is 0.358 e. The molecule has 1 aromatic heterocycles. The Hall–Kier alpha value is -1.32. The molecular formula is C17H22ClN3. The lowest BCUT2D eigenvalue weighted by Crippen LogP contribution is -2.37. The number of fused-ring (bicyclic) bond motifs is 1. The summed E-state index contributed by atoms with van der Waals surface area (Å²) in [6, 6.07) is 11.0. The second kappa shape index (κ2) is 6.20. The minimum Gasteiger partial charge on any atom is -0.358 e. The maximum atomic E-state index is 6.12. The van der Waals surface area contributed by atoms with E-state index in [0.717, 1.165) is 28.8 Å². The SMILES string of the molecule is CN(CC1CCCN1C)c1cc(CCl)c2ccccc2n1. The number of aromatic nitrogens is 1. The van der Waals surface area contributed by atoms with Gasteiger partial charge in [0.05, 0.1) is 5.52 Å². The third-order valence-corrected chi connectivity index (χ3v) is 4.77.